The second-order valence-electron chi connectivity index (χ2n) is 3.60. The van der Waals surface area contributed by atoms with Crippen LogP contribution < -0.4 is 20.1 Å². The summed E-state index contributed by atoms with van der Waals surface area (Å²) in [5.41, 5.74) is 1.71. The van der Waals surface area contributed by atoms with Crippen LogP contribution in [-0.2, 0) is 4.79 Å². The van der Waals surface area contributed by atoms with Crippen molar-refractivity contribution in [2.45, 2.75) is 6.92 Å². The number of fused-ring (bicyclic) bond motifs is 1. The lowest BCUT2D eigenvalue weighted by Gasteiger charge is -2.09. The number of hydrogen-bond acceptors (Lipinski definition) is 4. The molecule has 2 N–H and O–H groups in total. The monoisotopic (exact) mass is 222 g/mol. The molecule has 1 aliphatic heterocycles. The Morgan fingerprint density at radius 2 is 2.06 bits per heavy atom. The van der Waals surface area contributed by atoms with Crippen molar-refractivity contribution in [3.63, 3.8) is 0 Å². The number of carbonyl (C=O) groups excluding carboxylic acids is 1. The van der Waals surface area contributed by atoms with E-state index in [9.17, 15) is 4.79 Å². The van der Waals surface area contributed by atoms with Gasteiger partial charge in [0.2, 0.25) is 12.7 Å². The van der Waals surface area contributed by atoms with E-state index < -0.39 is 0 Å². The van der Waals surface area contributed by atoms with Crippen LogP contribution in [0.5, 0.6) is 11.5 Å². The van der Waals surface area contributed by atoms with Crippen molar-refractivity contribution in [1.82, 2.24) is 5.32 Å². The molecule has 0 radical (unpaired) electrons. The quantitative estimate of drug-likeness (QED) is 0.797. The number of likely N-dealkylation sites (N-methyl/N-ethyl adjacent to an activating group) is 1. The van der Waals surface area contributed by atoms with Gasteiger partial charge < -0.3 is 20.1 Å². The largest absolute Gasteiger partial charge is 0.454 e. The molecule has 2 rings (SSSR count). The van der Waals surface area contributed by atoms with Crippen LogP contribution in [0.2, 0.25) is 0 Å². The van der Waals surface area contributed by atoms with Crippen LogP contribution in [0.25, 0.3) is 0 Å². The maximum absolute atomic E-state index is 11.4. The average molecular weight is 222 g/mol. The van der Waals surface area contributed by atoms with Crippen LogP contribution in [-0.4, -0.2) is 26.3 Å². The number of carbonyl (C=O) groups is 1. The minimum atomic E-state index is -0.0792. The third-order valence-corrected chi connectivity index (χ3v) is 2.33. The lowest BCUT2D eigenvalue weighted by atomic mass is 10.1. The molecule has 0 saturated heterocycles. The normalized spacial score (nSPS) is 12.6. The highest BCUT2D eigenvalue weighted by Gasteiger charge is 2.16. The first-order valence-electron chi connectivity index (χ1n) is 5.05. The van der Waals surface area contributed by atoms with E-state index in [2.05, 4.69) is 10.6 Å². The summed E-state index contributed by atoms with van der Waals surface area (Å²) in [6, 6.07) is 3.64. The zero-order chi connectivity index (χ0) is 11.5. The highest BCUT2D eigenvalue weighted by molar-refractivity contribution is 5.93. The van der Waals surface area contributed by atoms with Gasteiger partial charge in [-0.15, -0.1) is 0 Å². The van der Waals surface area contributed by atoms with E-state index in [0.717, 1.165) is 17.0 Å². The molecule has 1 amide bonds. The summed E-state index contributed by atoms with van der Waals surface area (Å²) in [7, 11) is 1.73. The van der Waals surface area contributed by atoms with E-state index in [0.29, 0.717) is 5.75 Å². The Labute approximate surface area is 93.7 Å². The van der Waals surface area contributed by atoms with Crippen LogP contribution in [0.15, 0.2) is 12.1 Å². The number of ether oxygens (including phenoxy) is 2. The first-order chi connectivity index (χ1) is 7.70. The third kappa shape index (κ3) is 2.09. The van der Waals surface area contributed by atoms with Crippen molar-refractivity contribution in [3.8, 4) is 11.5 Å². The molecule has 5 heteroatoms. The zero-order valence-electron chi connectivity index (χ0n) is 9.29. The Bertz CT molecular complexity index is 418. The highest BCUT2D eigenvalue weighted by Crippen LogP contribution is 2.36. The van der Waals surface area contributed by atoms with E-state index in [-0.39, 0.29) is 19.2 Å². The van der Waals surface area contributed by atoms with Crippen LogP contribution in [0.4, 0.5) is 5.69 Å². The summed E-state index contributed by atoms with van der Waals surface area (Å²) in [6.07, 6.45) is 0. The molecular formula is C11H14N2O3. The Kier molecular flexibility index (Phi) is 2.96. The second kappa shape index (κ2) is 4.40. The number of amides is 1. The fourth-order valence-electron chi connectivity index (χ4n) is 1.53. The SMILES string of the molecule is CNCC(=O)Nc1cc2c(cc1C)OCO2. The molecule has 0 unspecified atom stereocenters. The first kappa shape index (κ1) is 10.8. The van der Waals surface area contributed by atoms with Crippen LogP contribution in [0, 0.1) is 6.92 Å². The number of nitrogens with one attached hydrogen (secondary N) is 2. The number of benzene rings is 1. The van der Waals surface area contributed by atoms with Gasteiger partial charge in [0, 0.05) is 11.8 Å². The van der Waals surface area contributed by atoms with Crippen molar-refractivity contribution >= 4 is 11.6 Å². The summed E-state index contributed by atoms with van der Waals surface area (Å²) in [5.74, 6) is 1.32. The van der Waals surface area contributed by atoms with Gasteiger partial charge in [-0.1, -0.05) is 0 Å². The minimum absolute atomic E-state index is 0.0792. The smallest absolute Gasteiger partial charge is 0.238 e. The summed E-state index contributed by atoms with van der Waals surface area (Å²) < 4.78 is 10.5. The van der Waals surface area contributed by atoms with E-state index in [4.69, 9.17) is 9.47 Å². The third-order valence-electron chi connectivity index (χ3n) is 2.33. The number of rotatable bonds is 3. The molecule has 1 aromatic carbocycles. The topological polar surface area (TPSA) is 59.6 Å². The first-order valence-corrected chi connectivity index (χ1v) is 5.05. The molecule has 1 aliphatic rings. The molecule has 1 heterocycles. The molecule has 5 nitrogen and oxygen atoms in total. The summed E-state index contributed by atoms with van der Waals surface area (Å²) >= 11 is 0. The average Bonchev–Trinajstić information content (AvgIpc) is 2.65. The fraction of sp³-hybridized carbons (Fsp3) is 0.364. The van der Waals surface area contributed by atoms with Gasteiger partial charge in [0.15, 0.2) is 11.5 Å². The van der Waals surface area contributed by atoms with Gasteiger partial charge in [0.25, 0.3) is 0 Å². The van der Waals surface area contributed by atoms with Gasteiger partial charge in [-0.2, -0.15) is 0 Å². The Morgan fingerprint density at radius 3 is 2.75 bits per heavy atom. The second-order valence-corrected chi connectivity index (χ2v) is 3.60. The predicted octanol–water partition coefficient (Wildman–Crippen LogP) is 0.882. The predicted molar refractivity (Wildman–Crippen MR) is 59.9 cm³/mol. The maximum atomic E-state index is 11.4. The van der Waals surface area contributed by atoms with Crippen molar-refractivity contribution in [2.75, 3.05) is 25.7 Å². The molecule has 0 atom stereocenters. The van der Waals surface area contributed by atoms with Gasteiger partial charge in [-0.3, -0.25) is 4.79 Å². The van der Waals surface area contributed by atoms with Crippen molar-refractivity contribution in [3.05, 3.63) is 17.7 Å². The lowest BCUT2D eigenvalue weighted by molar-refractivity contribution is -0.115. The number of anilines is 1. The molecule has 0 spiro atoms. The van der Waals surface area contributed by atoms with Crippen molar-refractivity contribution in [1.29, 1.82) is 0 Å². The Hall–Kier alpha value is -1.75. The minimum Gasteiger partial charge on any atom is -0.454 e. The number of aryl methyl sites for hydroxylation is 1. The maximum Gasteiger partial charge on any atom is 0.238 e. The molecular weight excluding hydrogens is 208 g/mol. The molecule has 0 fully saturated rings. The van der Waals surface area contributed by atoms with Crippen LogP contribution in [0.1, 0.15) is 5.56 Å². The van der Waals surface area contributed by atoms with Gasteiger partial charge in [0.05, 0.1) is 6.54 Å². The summed E-state index contributed by atoms with van der Waals surface area (Å²) in [5, 5.41) is 5.60. The van der Waals surface area contributed by atoms with Crippen molar-refractivity contribution < 1.29 is 14.3 Å². The van der Waals surface area contributed by atoms with Gasteiger partial charge in [0.1, 0.15) is 0 Å². The van der Waals surface area contributed by atoms with E-state index in [1.165, 1.54) is 0 Å². The molecule has 0 aromatic heterocycles. The summed E-state index contributed by atoms with van der Waals surface area (Å²) in [6.45, 7) is 2.44. The van der Waals surface area contributed by atoms with E-state index >= 15 is 0 Å². The number of hydrogen-bond donors (Lipinski definition) is 2. The zero-order valence-corrected chi connectivity index (χ0v) is 9.29. The van der Waals surface area contributed by atoms with Crippen LogP contribution in [0.3, 0.4) is 0 Å². The lowest BCUT2D eigenvalue weighted by Crippen LogP contribution is -2.25. The van der Waals surface area contributed by atoms with Gasteiger partial charge >= 0.3 is 0 Å². The fourth-order valence-corrected chi connectivity index (χ4v) is 1.53. The van der Waals surface area contributed by atoms with Crippen LogP contribution >= 0.6 is 0 Å². The molecule has 1 aromatic rings. The van der Waals surface area contributed by atoms with Crippen molar-refractivity contribution in [2.24, 2.45) is 0 Å². The molecule has 0 bridgehead atoms. The highest BCUT2D eigenvalue weighted by atomic mass is 16.7. The Balaban J connectivity index is 2.18. The van der Waals surface area contributed by atoms with Gasteiger partial charge in [-0.25, -0.2) is 0 Å². The Morgan fingerprint density at radius 1 is 1.38 bits per heavy atom. The van der Waals surface area contributed by atoms with Gasteiger partial charge in [-0.05, 0) is 25.6 Å². The molecule has 16 heavy (non-hydrogen) atoms. The molecule has 0 aliphatic carbocycles. The molecule has 86 valence electrons. The van der Waals surface area contributed by atoms with E-state index in [1.807, 2.05) is 13.0 Å². The standard InChI is InChI=1S/C11H14N2O3/c1-7-3-9-10(16-6-15-9)4-8(7)13-11(14)5-12-2/h3-4,12H,5-6H2,1-2H3,(H,13,14). The van der Waals surface area contributed by atoms with E-state index in [1.54, 1.807) is 13.1 Å². The molecule has 0 saturated carbocycles. The summed E-state index contributed by atoms with van der Waals surface area (Å²) in [4.78, 5) is 11.4.